The highest BCUT2D eigenvalue weighted by Gasteiger charge is 2.12. The van der Waals surface area contributed by atoms with Crippen molar-refractivity contribution in [3.63, 3.8) is 0 Å². The summed E-state index contributed by atoms with van der Waals surface area (Å²) in [6.45, 7) is 6.76. The van der Waals surface area contributed by atoms with Crippen molar-refractivity contribution in [2.75, 3.05) is 58.7 Å². The molecule has 1 saturated heterocycles. The number of ether oxygens (including phenoxy) is 1. The highest BCUT2D eigenvalue weighted by atomic mass is 79.9. The third kappa shape index (κ3) is 4.37. The summed E-state index contributed by atoms with van der Waals surface area (Å²) in [6.07, 6.45) is 0. The summed E-state index contributed by atoms with van der Waals surface area (Å²) in [5.41, 5.74) is 1.13. The van der Waals surface area contributed by atoms with Gasteiger partial charge in [-0.3, -0.25) is 4.90 Å². The second kappa shape index (κ2) is 7.12. The number of benzene rings is 1. The van der Waals surface area contributed by atoms with Gasteiger partial charge in [0, 0.05) is 45.0 Å². The zero-order valence-electron chi connectivity index (χ0n) is 11.7. The molecule has 0 aliphatic carbocycles. The zero-order valence-corrected chi connectivity index (χ0v) is 13.2. The van der Waals surface area contributed by atoms with Crippen LogP contribution in [0.15, 0.2) is 22.7 Å². The molecule has 4 nitrogen and oxygen atoms in total. The fourth-order valence-corrected chi connectivity index (χ4v) is 2.75. The van der Waals surface area contributed by atoms with E-state index in [9.17, 15) is 0 Å². The lowest BCUT2D eigenvalue weighted by Crippen LogP contribution is -2.45. The van der Waals surface area contributed by atoms with Crippen molar-refractivity contribution in [3.8, 4) is 5.75 Å². The molecule has 106 valence electrons. The van der Waals surface area contributed by atoms with E-state index in [1.54, 1.807) is 7.11 Å². The third-order valence-electron chi connectivity index (χ3n) is 3.50. The predicted molar refractivity (Wildman–Crippen MR) is 83.1 cm³/mol. The van der Waals surface area contributed by atoms with Crippen LogP contribution in [0, 0.1) is 0 Å². The van der Waals surface area contributed by atoms with Crippen molar-refractivity contribution in [1.29, 1.82) is 0 Å². The minimum atomic E-state index is 0.865. The Morgan fingerprint density at radius 3 is 2.63 bits per heavy atom. The van der Waals surface area contributed by atoms with Crippen molar-refractivity contribution >= 4 is 21.6 Å². The molecule has 2 rings (SSSR count). The van der Waals surface area contributed by atoms with Gasteiger partial charge in [-0.2, -0.15) is 0 Å². The Labute approximate surface area is 123 Å². The van der Waals surface area contributed by atoms with Crippen LogP contribution in [0.3, 0.4) is 0 Å². The van der Waals surface area contributed by atoms with E-state index in [0.29, 0.717) is 0 Å². The molecule has 0 unspecified atom stereocenters. The maximum absolute atomic E-state index is 5.22. The molecule has 5 heteroatoms. The van der Waals surface area contributed by atoms with Gasteiger partial charge in [-0.05, 0) is 41.2 Å². The van der Waals surface area contributed by atoms with Gasteiger partial charge in [0.15, 0.2) is 0 Å². The van der Waals surface area contributed by atoms with Crippen molar-refractivity contribution < 1.29 is 4.74 Å². The predicted octanol–water partition coefficient (Wildman–Crippen LogP) is 2.12. The molecule has 1 aliphatic rings. The van der Waals surface area contributed by atoms with Gasteiger partial charge >= 0.3 is 0 Å². The molecule has 1 aromatic carbocycles. The minimum absolute atomic E-state index is 0.865. The number of hydrogen-bond acceptors (Lipinski definition) is 4. The lowest BCUT2D eigenvalue weighted by Gasteiger charge is -2.32. The van der Waals surface area contributed by atoms with E-state index >= 15 is 0 Å². The zero-order chi connectivity index (χ0) is 13.7. The SMILES string of the molecule is COc1ccc(NCCN2CCN(C)CC2)cc1Br. The van der Waals surface area contributed by atoms with E-state index < -0.39 is 0 Å². The van der Waals surface area contributed by atoms with E-state index in [-0.39, 0.29) is 0 Å². The molecule has 0 atom stereocenters. The third-order valence-corrected chi connectivity index (χ3v) is 4.12. The van der Waals surface area contributed by atoms with Crippen LogP contribution >= 0.6 is 15.9 Å². The Morgan fingerprint density at radius 2 is 2.00 bits per heavy atom. The van der Waals surface area contributed by atoms with Gasteiger partial charge in [-0.25, -0.2) is 0 Å². The van der Waals surface area contributed by atoms with Crippen LogP contribution in [0.1, 0.15) is 0 Å². The first kappa shape index (κ1) is 14.6. The quantitative estimate of drug-likeness (QED) is 0.896. The number of halogens is 1. The molecule has 1 aromatic rings. The van der Waals surface area contributed by atoms with Crippen LogP contribution in [-0.2, 0) is 0 Å². The number of piperazine rings is 1. The average Bonchev–Trinajstić information content (AvgIpc) is 2.41. The van der Waals surface area contributed by atoms with Crippen LogP contribution in [0.5, 0.6) is 5.75 Å². The van der Waals surface area contributed by atoms with Gasteiger partial charge in [0.25, 0.3) is 0 Å². The lowest BCUT2D eigenvalue weighted by atomic mass is 10.3. The Morgan fingerprint density at radius 1 is 1.26 bits per heavy atom. The van der Waals surface area contributed by atoms with Crippen LogP contribution in [-0.4, -0.2) is 63.2 Å². The monoisotopic (exact) mass is 327 g/mol. The fourth-order valence-electron chi connectivity index (χ4n) is 2.21. The highest BCUT2D eigenvalue weighted by Crippen LogP contribution is 2.27. The molecule has 1 aliphatic heterocycles. The van der Waals surface area contributed by atoms with Crippen LogP contribution in [0.25, 0.3) is 0 Å². The number of hydrogen-bond donors (Lipinski definition) is 1. The number of likely N-dealkylation sites (N-methyl/N-ethyl adjacent to an activating group) is 1. The topological polar surface area (TPSA) is 27.7 Å². The van der Waals surface area contributed by atoms with E-state index in [1.165, 1.54) is 26.2 Å². The van der Waals surface area contributed by atoms with E-state index in [4.69, 9.17) is 4.74 Å². The molecule has 0 saturated carbocycles. The molecule has 1 fully saturated rings. The van der Waals surface area contributed by atoms with Gasteiger partial charge in [0.1, 0.15) is 5.75 Å². The number of rotatable bonds is 5. The summed E-state index contributed by atoms with van der Waals surface area (Å²) in [7, 11) is 3.87. The first-order valence-corrected chi connectivity index (χ1v) is 7.46. The smallest absolute Gasteiger partial charge is 0.133 e. The van der Waals surface area contributed by atoms with Crippen LogP contribution in [0.4, 0.5) is 5.69 Å². The molecule has 0 radical (unpaired) electrons. The molecule has 1 heterocycles. The molecule has 1 N–H and O–H groups in total. The molecule has 0 bridgehead atoms. The van der Waals surface area contributed by atoms with Gasteiger partial charge < -0.3 is 15.0 Å². The molecule has 0 aromatic heterocycles. The number of nitrogens with zero attached hydrogens (tertiary/aromatic N) is 2. The molecule has 0 spiro atoms. The Balaban J connectivity index is 1.75. The van der Waals surface area contributed by atoms with Gasteiger partial charge in [0.05, 0.1) is 11.6 Å². The Bertz CT molecular complexity index is 406. The maximum atomic E-state index is 5.22. The fraction of sp³-hybridized carbons (Fsp3) is 0.571. The summed E-state index contributed by atoms with van der Waals surface area (Å²) >= 11 is 3.50. The van der Waals surface area contributed by atoms with Crippen molar-refractivity contribution in [3.05, 3.63) is 22.7 Å². The summed E-state index contributed by atoms with van der Waals surface area (Å²) < 4.78 is 6.21. The Kier molecular flexibility index (Phi) is 5.48. The second-order valence-electron chi connectivity index (χ2n) is 4.92. The average molecular weight is 328 g/mol. The van der Waals surface area contributed by atoms with E-state index in [2.05, 4.69) is 44.2 Å². The van der Waals surface area contributed by atoms with Crippen molar-refractivity contribution in [2.24, 2.45) is 0 Å². The number of methoxy groups -OCH3 is 1. The maximum Gasteiger partial charge on any atom is 0.133 e. The van der Waals surface area contributed by atoms with E-state index in [1.807, 2.05) is 12.1 Å². The van der Waals surface area contributed by atoms with Gasteiger partial charge in [0.2, 0.25) is 0 Å². The van der Waals surface area contributed by atoms with Crippen LogP contribution in [0.2, 0.25) is 0 Å². The van der Waals surface area contributed by atoms with E-state index in [0.717, 1.165) is 29.0 Å². The number of nitrogens with one attached hydrogen (secondary N) is 1. The van der Waals surface area contributed by atoms with Gasteiger partial charge in [-0.1, -0.05) is 0 Å². The summed E-state index contributed by atoms with van der Waals surface area (Å²) in [4.78, 5) is 4.89. The first-order chi connectivity index (χ1) is 9.19. The minimum Gasteiger partial charge on any atom is -0.496 e. The molecule has 19 heavy (non-hydrogen) atoms. The molecular weight excluding hydrogens is 306 g/mol. The molecular formula is C14H22BrN3O. The highest BCUT2D eigenvalue weighted by molar-refractivity contribution is 9.10. The number of anilines is 1. The summed E-state index contributed by atoms with van der Waals surface area (Å²) in [5, 5.41) is 3.45. The largest absolute Gasteiger partial charge is 0.496 e. The molecule has 0 amide bonds. The second-order valence-corrected chi connectivity index (χ2v) is 5.78. The first-order valence-electron chi connectivity index (χ1n) is 6.67. The van der Waals surface area contributed by atoms with Gasteiger partial charge in [-0.15, -0.1) is 0 Å². The normalized spacial score (nSPS) is 17.4. The van der Waals surface area contributed by atoms with Crippen molar-refractivity contribution in [2.45, 2.75) is 0 Å². The van der Waals surface area contributed by atoms with Crippen LogP contribution < -0.4 is 10.1 Å². The standard InChI is InChI=1S/C14H22BrN3O/c1-17-7-9-18(10-8-17)6-5-16-12-3-4-14(19-2)13(15)11-12/h3-4,11,16H,5-10H2,1-2H3. The summed E-state index contributed by atoms with van der Waals surface area (Å²) in [6, 6.07) is 6.08. The lowest BCUT2D eigenvalue weighted by molar-refractivity contribution is 0.158. The van der Waals surface area contributed by atoms with Crippen molar-refractivity contribution in [1.82, 2.24) is 9.80 Å². The Hall–Kier alpha value is -0.780. The summed E-state index contributed by atoms with van der Waals surface area (Å²) in [5.74, 6) is 0.865.